The number of nitro benzene ring substituents is 1. The van der Waals surface area contributed by atoms with Gasteiger partial charge in [0.2, 0.25) is 0 Å². The quantitative estimate of drug-likeness (QED) is 0.417. The standard InChI is InChI=1S/C10H11ClN4O4/c11-8-2-1-6(15(18)19)5-7(8)9(16)13-3-4-14-10(12)17/h1-2,5H,3-4H2,(H,13,16)(H3,12,14,17). The summed E-state index contributed by atoms with van der Waals surface area (Å²) in [7, 11) is 0. The SMILES string of the molecule is NC(=O)NCCNC(=O)c1cc([N+](=O)[O-])ccc1Cl. The highest BCUT2D eigenvalue weighted by Gasteiger charge is 2.15. The van der Waals surface area contributed by atoms with Crippen molar-refractivity contribution in [2.24, 2.45) is 5.73 Å². The maximum Gasteiger partial charge on any atom is 0.312 e. The highest BCUT2D eigenvalue weighted by molar-refractivity contribution is 6.33. The predicted molar refractivity (Wildman–Crippen MR) is 68.0 cm³/mol. The monoisotopic (exact) mass is 286 g/mol. The van der Waals surface area contributed by atoms with Crippen LogP contribution in [0.2, 0.25) is 5.02 Å². The Kier molecular flexibility index (Phi) is 5.07. The molecule has 19 heavy (non-hydrogen) atoms. The maximum absolute atomic E-state index is 11.7. The van der Waals surface area contributed by atoms with Gasteiger partial charge in [-0.25, -0.2) is 4.79 Å². The van der Waals surface area contributed by atoms with E-state index in [1.165, 1.54) is 12.1 Å². The zero-order chi connectivity index (χ0) is 14.4. The lowest BCUT2D eigenvalue weighted by molar-refractivity contribution is -0.384. The molecule has 0 heterocycles. The summed E-state index contributed by atoms with van der Waals surface area (Å²) in [6, 6.07) is 2.85. The van der Waals surface area contributed by atoms with Gasteiger partial charge in [0.25, 0.3) is 11.6 Å². The molecule has 0 unspecified atom stereocenters. The first-order valence-corrected chi connectivity index (χ1v) is 5.55. The summed E-state index contributed by atoms with van der Waals surface area (Å²) in [4.78, 5) is 32.1. The molecule has 0 aromatic heterocycles. The smallest absolute Gasteiger partial charge is 0.312 e. The molecule has 9 heteroatoms. The normalized spacial score (nSPS) is 9.74. The molecular weight excluding hydrogens is 276 g/mol. The molecule has 0 spiro atoms. The molecule has 0 atom stereocenters. The van der Waals surface area contributed by atoms with Gasteiger partial charge in [0.15, 0.2) is 0 Å². The molecule has 8 nitrogen and oxygen atoms in total. The molecule has 1 rings (SSSR count). The molecule has 0 bridgehead atoms. The molecule has 0 radical (unpaired) electrons. The van der Waals surface area contributed by atoms with Crippen LogP contribution in [0.4, 0.5) is 10.5 Å². The van der Waals surface area contributed by atoms with Gasteiger partial charge in [-0.15, -0.1) is 0 Å². The molecule has 102 valence electrons. The van der Waals surface area contributed by atoms with Crippen LogP contribution in [-0.4, -0.2) is 30.0 Å². The third-order valence-electron chi connectivity index (χ3n) is 2.12. The zero-order valence-electron chi connectivity index (χ0n) is 9.68. The Morgan fingerprint density at radius 3 is 2.53 bits per heavy atom. The van der Waals surface area contributed by atoms with Gasteiger partial charge in [-0.1, -0.05) is 11.6 Å². The van der Waals surface area contributed by atoms with Gasteiger partial charge < -0.3 is 16.4 Å². The molecule has 0 saturated heterocycles. The van der Waals surface area contributed by atoms with Gasteiger partial charge in [-0.05, 0) is 6.07 Å². The second-order valence-corrected chi connectivity index (χ2v) is 3.88. The van der Waals surface area contributed by atoms with Crippen molar-refractivity contribution in [2.45, 2.75) is 0 Å². The molecule has 3 amide bonds. The number of rotatable bonds is 5. The van der Waals surface area contributed by atoms with Crippen LogP contribution in [0, 0.1) is 10.1 Å². The number of urea groups is 1. The number of primary amides is 1. The number of nitrogens with two attached hydrogens (primary N) is 1. The van der Waals surface area contributed by atoms with Crippen molar-refractivity contribution in [1.82, 2.24) is 10.6 Å². The Morgan fingerprint density at radius 2 is 1.95 bits per heavy atom. The summed E-state index contributed by atoms with van der Waals surface area (Å²) in [5.74, 6) is -0.569. The zero-order valence-corrected chi connectivity index (χ0v) is 10.4. The largest absolute Gasteiger partial charge is 0.352 e. The summed E-state index contributed by atoms with van der Waals surface area (Å²) in [6.45, 7) is 0.272. The Bertz CT molecular complexity index is 520. The van der Waals surface area contributed by atoms with Crippen molar-refractivity contribution in [3.8, 4) is 0 Å². The Labute approximate surface area is 113 Å². The molecule has 1 aromatic rings. The Hall–Kier alpha value is -2.35. The van der Waals surface area contributed by atoms with E-state index >= 15 is 0 Å². The van der Waals surface area contributed by atoms with E-state index in [0.717, 1.165) is 6.07 Å². The van der Waals surface area contributed by atoms with Gasteiger partial charge in [-0.3, -0.25) is 14.9 Å². The molecular formula is C10H11ClN4O4. The van der Waals surface area contributed by atoms with Gasteiger partial charge in [0.05, 0.1) is 15.5 Å². The molecule has 1 aromatic carbocycles. The van der Waals surface area contributed by atoms with Crippen molar-refractivity contribution in [1.29, 1.82) is 0 Å². The minimum absolute atomic E-state index is 0.00468. The van der Waals surface area contributed by atoms with Crippen molar-refractivity contribution >= 4 is 29.2 Å². The first kappa shape index (κ1) is 14.7. The van der Waals surface area contributed by atoms with E-state index in [9.17, 15) is 19.7 Å². The molecule has 0 saturated carbocycles. The van der Waals surface area contributed by atoms with Crippen molar-refractivity contribution in [3.63, 3.8) is 0 Å². The van der Waals surface area contributed by atoms with Crippen LogP contribution in [-0.2, 0) is 0 Å². The fourth-order valence-corrected chi connectivity index (χ4v) is 1.46. The maximum atomic E-state index is 11.7. The van der Waals surface area contributed by atoms with E-state index < -0.39 is 16.9 Å². The number of amides is 3. The van der Waals surface area contributed by atoms with E-state index in [1.54, 1.807) is 0 Å². The van der Waals surface area contributed by atoms with E-state index in [-0.39, 0.29) is 29.4 Å². The van der Waals surface area contributed by atoms with Gasteiger partial charge in [0.1, 0.15) is 0 Å². The van der Waals surface area contributed by atoms with Crippen molar-refractivity contribution < 1.29 is 14.5 Å². The van der Waals surface area contributed by atoms with Crippen LogP contribution in [0.25, 0.3) is 0 Å². The first-order chi connectivity index (χ1) is 8.91. The summed E-state index contributed by atoms with van der Waals surface area (Å²) in [5, 5.41) is 15.4. The molecule has 0 aliphatic heterocycles. The number of non-ortho nitro benzene ring substituents is 1. The topological polar surface area (TPSA) is 127 Å². The predicted octanol–water partition coefficient (Wildman–Crippen LogP) is 0.646. The number of nitrogens with one attached hydrogen (secondary N) is 2. The van der Waals surface area contributed by atoms with Crippen LogP contribution < -0.4 is 16.4 Å². The van der Waals surface area contributed by atoms with Gasteiger partial charge in [-0.2, -0.15) is 0 Å². The lowest BCUT2D eigenvalue weighted by Gasteiger charge is -2.06. The molecule has 0 aliphatic rings. The van der Waals surface area contributed by atoms with Gasteiger partial charge >= 0.3 is 6.03 Å². The average Bonchev–Trinajstić information content (AvgIpc) is 2.34. The number of nitrogens with zero attached hydrogens (tertiary/aromatic N) is 1. The first-order valence-electron chi connectivity index (χ1n) is 5.17. The number of carbonyl (C=O) groups is 2. The Morgan fingerprint density at radius 1 is 1.32 bits per heavy atom. The number of benzene rings is 1. The second kappa shape index (κ2) is 6.55. The minimum atomic E-state index is -0.706. The fraction of sp³-hybridized carbons (Fsp3) is 0.200. The highest BCUT2D eigenvalue weighted by atomic mass is 35.5. The number of carbonyl (C=O) groups excluding carboxylic acids is 2. The molecule has 0 fully saturated rings. The summed E-state index contributed by atoms with van der Waals surface area (Å²) < 4.78 is 0. The van der Waals surface area contributed by atoms with Crippen LogP contribution in [0.1, 0.15) is 10.4 Å². The van der Waals surface area contributed by atoms with E-state index in [1.807, 2.05) is 0 Å². The second-order valence-electron chi connectivity index (χ2n) is 3.47. The third kappa shape index (κ3) is 4.43. The molecule has 4 N–H and O–H groups in total. The van der Waals surface area contributed by atoms with Crippen LogP contribution in [0.3, 0.4) is 0 Å². The number of hydrogen-bond acceptors (Lipinski definition) is 4. The highest BCUT2D eigenvalue weighted by Crippen LogP contribution is 2.21. The van der Waals surface area contributed by atoms with Crippen LogP contribution in [0.15, 0.2) is 18.2 Å². The van der Waals surface area contributed by atoms with Crippen molar-refractivity contribution in [2.75, 3.05) is 13.1 Å². The number of nitro groups is 1. The van der Waals surface area contributed by atoms with Crippen molar-refractivity contribution in [3.05, 3.63) is 38.9 Å². The van der Waals surface area contributed by atoms with E-state index in [0.29, 0.717) is 0 Å². The third-order valence-corrected chi connectivity index (χ3v) is 2.44. The summed E-state index contributed by atoms with van der Waals surface area (Å²) >= 11 is 5.79. The number of hydrogen-bond donors (Lipinski definition) is 3. The average molecular weight is 287 g/mol. The summed E-state index contributed by atoms with van der Waals surface area (Å²) in [6.07, 6.45) is 0. The van der Waals surface area contributed by atoms with E-state index in [2.05, 4.69) is 10.6 Å². The lowest BCUT2D eigenvalue weighted by atomic mass is 10.2. The Balaban J connectivity index is 2.68. The van der Waals surface area contributed by atoms with E-state index in [4.69, 9.17) is 17.3 Å². The molecule has 0 aliphatic carbocycles. The lowest BCUT2D eigenvalue weighted by Crippen LogP contribution is -2.37. The van der Waals surface area contributed by atoms with Crippen LogP contribution >= 0.6 is 11.6 Å². The van der Waals surface area contributed by atoms with Crippen LogP contribution in [0.5, 0.6) is 0 Å². The van der Waals surface area contributed by atoms with Gasteiger partial charge in [0, 0.05) is 25.2 Å². The fourth-order valence-electron chi connectivity index (χ4n) is 1.26. The number of halogens is 1. The summed E-state index contributed by atoms with van der Waals surface area (Å²) in [5.41, 5.74) is 4.60. The minimum Gasteiger partial charge on any atom is -0.352 e.